The van der Waals surface area contributed by atoms with Crippen LogP contribution in [-0.4, -0.2) is 26.5 Å². The third-order valence-electron chi connectivity index (χ3n) is 4.63. The van der Waals surface area contributed by atoms with Gasteiger partial charge < -0.3 is 14.8 Å². The molecule has 4 aromatic rings. The number of hydrogen-bond donors (Lipinski definition) is 2. The quantitative estimate of drug-likeness (QED) is 0.492. The Kier molecular flexibility index (Phi) is 3.95. The lowest BCUT2D eigenvalue weighted by Gasteiger charge is -2.14. The topological polar surface area (TPSA) is 89.6 Å². The molecule has 0 fully saturated rings. The van der Waals surface area contributed by atoms with Crippen LogP contribution in [0, 0.1) is 0 Å². The van der Waals surface area contributed by atoms with E-state index in [9.17, 15) is 8.42 Å². The molecule has 0 atom stereocenters. The average molecular weight is 407 g/mol. The normalized spacial score (nSPS) is 13.0. The summed E-state index contributed by atoms with van der Waals surface area (Å²) in [5, 5.41) is 5.34. The van der Waals surface area contributed by atoms with Gasteiger partial charge in [0.1, 0.15) is 0 Å². The van der Waals surface area contributed by atoms with Crippen molar-refractivity contribution in [2.45, 2.75) is 0 Å². The zero-order valence-corrected chi connectivity index (χ0v) is 16.3. The van der Waals surface area contributed by atoms with Gasteiger partial charge in [-0.1, -0.05) is 18.2 Å². The van der Waals surface area contributed by atoms with Gasteiger partial charge in [0.25, 0.3) is 0 Å². The molecule has 1 aromatic heterocycles. The highest BCUT2D eigenvalue weighted by atomic mass is 32.2. The van der Waals surface area contributed by atoms with E-state index >= 15 is 0 Å². The Balaban J connectivity index is 1.62. The molecule has 0 spiro atoms. The van der Waals surface area contributed by atoms with Crippen LogP contribution in [-0.2, 0) is 10.0 Å². The van der Waals surface area contributed by atoms with Crippen molar-refractivity contribution in [3.8, 4) is 11.5 Å². The van der Waals surface area contributed by atoms with Crippen molar-refractivity contribution >= 4 is 48.9 Å². The molecule has 0 bridgehead atoms. The Morgan fingerprint density at radius 2 is 1.55 bits per heavy atom. The van der Waals surface area contributed by atoms with Gasteiger partial charge in [-0.25, -0.2) is 13.4 Å². The van der Waals surface area contributed by atoms with Crippen LogP contribution in [0.2, 0.25) is 0 Å². The maximum absolute atomic E-state index is 11.4. The van der Waals surface area contributed by atoms with Crippen molar-refractivity contribution in [2.75, 3.05) is 23.1 Å². The fraction of sp³-hybridized carbons (Fsp3) is 0.0952. The minimum Gasteiger partial charge on any atom is -0.454 e. The summed E-state index contributed by atoms with van der Waals surface area (Å²) in [6, 6.07) is 18.8. The van der Waals surface area contributed by atoms with Crippen molar-refractivity contribution < 1.29 is 17.9 Å². The molecule has 0 amide bonds. The monoisotopic (exact) mass is 407 g/mol. The van der Waals surface area contributed by atoms with Crippen LogP contribution < -0.4 is 19.5 Å². The first kappa shape index (κ1) is 17.6. The van der Waals surface area contributed by atoms with E-state index in [1.165, 1.54) is 0 Å². The summed E-state index contributed by atoms with van der Waals surface area (Å²) in [5.74, 6) is 1.37. The Bertz CT molecular complexity index is 1350. The van der Waals surface area contributed by atoms with Gasteiger partial charge in [-0.3, -0.25) is 4.72 Å². The molecule has 1 aliphatic heterocycles. The van der Waals surface area contributed by atoms with Crippen LogP contribution in [0.15, 0.2) is 60.7 Å². The standard InChI is InChI=1S/C21H17N3O4S/c1-29(25,26)24-14-8-6-13(7-9-14)22-21-15-4-2-3-5-17(15)23-18-11-20-19(10-16(18)21)27-12-28-20/h2-11,24H,12H2,1H3,(H,22,23). The van der Waals surface area contributed by atoms with Crippen molar-refractivity contribution in [1.82, 2.24) is 4.98 Å². The van der Waals surface area contributed by atoms with Crippen LogP contribution >= 0.6 is 0 Å². The number of aromatic nitrogens is 1. The third-order valence-corrected chi connectivity index (χ3v) is 5.24. The van der Waals surface area contributed by atoms with Gasteiger partial charge in [-0.2, -0.15) is 0 Å². The molecule has 8 heteroatoms. The molecule has 0 unspecified atom stereocenters. The molecular weight excluding hydrogens is 390 g/mol. The summed E-state index contributed by atoms with van der Waals surface area (Å²) in [5.41, 5.74) is 3.88. The SMILES string of the molecule is CS(=O)(=O)Nc1ccc(Nc2c3ccccc3nc3cc4c(cc23)OCO4)cc1. The maximum atomic E-state index is 11.4. The second kappa shape index (κ2) is 6.52. The summed E-state index contributed by atoms with van der Waals surface area (Å²) in [4.78, 5) is 4.76. The predicted molar refractivity (Wildman–Crippen MR) is 114 cm³/mol. The molecule has 146 valence electrons. The smallest absolute Gasteiger partial charge is 0.231 e. The molecule has 5 rings (SSSR count). The number of sulfonamides is 1. The zero-order valence-electron chi connectivity index (χ0n) is 15.5. The average Bonchev–Trinajstić information content (AvgIpc) is 3.14. The van der Waals surface area contributed by atoms with Gasteiger partial charge in [0.2, 0.25) is 16.8 Å². The Labute approximate surface area is 167 Å². The highest BCUT2D eigenvalue weighted by Crippen LogP contribution is 2.41. The molecule has 3 aromatic carbocycles. The van der Waals surface area contributed by atoms with E-state index < -0.39 is 10.0 Å². The van der Waals surface area contributed by atoms with Crippen LogP contribution in [0.3, 0.4) is 0 Å². The first-order chi connectivity index (χ1) is 14.0. The molecule has 29 heavy (non-hydrogen) atoms. The second-order valence-electron chi connectivity index (χ2n) is 6.80. The zero-order chi connectivity index (χ0) is 20.0. The predicted octanol–water partition coefficient (Wildman–Crippen LogP) is 4.23. The number of para-hydroxylation sites is 1. The van der Waals surface area contributed by atoms with Crippen LogP contribution in [0.25, 0.3) is 21.8 Å². The fourth-order valence-corrected chi connectivity index (χ4v) is 3.96. The van der Waals surface area contributed by atoms with Crippen molar-refractivity contribution in [3.05, 3.63) is 60.7 Å². The maximum Gasteiger partial charge on any atom is 0.231 e. The molecule has 2 heterocycles. The number of nitrogens with one attached hydrogen (secondary N) is 2. The van der Waals surface area contributed by atoms with Crippen LogP contribution in [0.4, 0.5) is 17.1 Å². The van der Waals surface area contributed by atoms with Gasteiger partial charge in [0.05, 0.1) is 23.0 Å². The van der Waals surface area contributed by atoms with E-state index in [4.69, 9.17) is 14.5 Å². The molecule has 2 N–H and O–H groups in total. The van der Waals surface area contributed by atoms with E-state index in [2.05, 4.69) is 10.0 Å². The summed E-state index contributed by atoms with van der Waals surface area (Å²) >= 11 is 0. The molecule has 0 saturated heterocycles. The Morgan fingerprint density at radius 1 is 0.862 bits per heavy atom. The largest absolute Gasteiger partial charge is 0.454 e. The van der Waals surface area contributed by atoms with Crippen molar-refractivity contribution in [1.29, 1.82) is 0 Å². The minimum atomic E-state index is -3.32. The number of rotatable bonds is 4. The van der Waals surface area contributed by atoms with Gasteiger partial charge in [0.15, 0.2) is 11.5 Å². The third kappa shape index (κ3) is 3.38. The van der Waals surface area contributed by atoms with Gasteiger partial charge in [-0.15, -0.1) is 0 Å². The summed E-state index contributed by atoms with van der Waals surface area (Å²) in [7, 11) is -3.32. The number of benzene rings is 3. The van der Waals surface area contributed by atoms with Crippen LogP contribution in [0.1, 0.15) is 0 Å². The van der Waals surface area contributed by atoms with Gasteiger partial charge in [0, 0.05) is 28.2 Å². The van der Waals surface area contributed by atoms with E-state index in [1.54, 1.807) is 12.1 Å². The van der Waals surface area contributed by atoms with E-state index in [0.717, 1.165) is 39.4 Å². The van der Waals surface area contributed by atoms with E-state index in [0.29, 0.717) is 17.2 Å². The number of nitrogens with zero attached hydrogens (tertiary/aromatic N) is 1. The van der Waals surface area contributed by atoms with Crippen molar-refractivity contribution in [3.63, 3.8) is 0 Å². The molecule has 0 aliphatic carbocycles. The number of ether oxygens (including phenoxy) is 2. The molecular formula is C21H17N3O4S. The molecule has 0 radical (unpaired) electrons. The van der Waals surface area contributed by atoms with Gasteiger partial charge >= 0.3 is 0 Å². The second-order valence-corrected chi connectivity index (χ2v) is 8.55. The van der Waals surface area contributed by atoms with E-state index in [-0.39, 0.29) is 6.79 Å². The molecule has 7 nitrogen and oxygen atoms in total. The lowest BCUT2D eigenvalue weighted by atomic mass is 10.1. The number of pyridine rings is 1. The summed E-state index contributed by atoms with van der Waals surface area (Å²) in [6.07, 6.45) is 1.12. The lowest BCUT2D eigenvalue weighted by Crippen LogP contribution is -2.09. The Hall–Kier alpha value is -3.52. The lowest BCUT2D eigenvalue weighted by molar-refractivity contribution is 0.174. The summed E-state index contributed by atoms with van der Waals surface area (Å²) in [6.45, 7) is 0.197. The fourth-order valence-electron chi connectivity index (χ4n) is 3.40. The minimum absolute atomic E-state index is 0.197. The number of anilines is 3. The van der Waals surface area contributed by atoms with Crippen molar-refractivity contribution in [2.24, 2.45) is 0 Å². The highest BCUT2D eigenvalue weighted by molar-refractivity contribution is 7.92. The first-order valence-corrected chi connectivity index (χ1v) is 10.8. The number of hydrogen-bond acceptors (Lipinski definition) is 6. The number of fused-ring (bicyclic) bond motifs is 3. The summed E-state index contributed by atoms with van der Waals surface area (Å²) < 4.78 is 36.3. The molecule has 0 saturated carbocycles. The van der Waals surface area contributed by atoms with Gasteiger partial charge in [-0.05, 0) is 36.4 Å². The molecule has 1 aliphatic rings. The first-order valence-electron chi connectivity index (χ1n) is 8.93. The Morgan fingerprint density at radius 3 is 2.31 bits per heavy atom. The highest BCUT2D eigenvalue weighted by Gasteiger charge is 2.18. The van der Waals surface area contributed by atoms with E-state index in [1.807, 2.05) is 48.5 Å². The van der Waals surface area contributed by atoms with Crippen LogP contribution in [0.5, 0.6) is 11.5 Å².